The molecule has 4 rings (SSSR count). The van der Waals surface area contributed by atoms with Crippen molar-refractivity contribution in [3.8, 4) is 5.75 Å². The van der Waals surface area contributed by atoms with Crippen LogP contribution in [0.5, 0.6) is 5.75 Å². The lowest BCUT2D eigenvalue weighted by Crippen LogP contribution is -2.09. The molecule has 0 atom stereocenters. The maximum atomic E-state index is 12.7. The molecule has 1 aromatic heterocycles. The van der Waals surface area contributed by atoms with Crippen molar-refractivity contribution in [1.82, 2.24) is 0 Å². The number of hydrogen-bond donors (Lipinski definition) is 0. The summed E-state index contributed by atoms with van der Waals surface area (Å²) in [6.45, 7) is 2.18. The zero-order valence-electron chi connectivity index (χ0n) is 15.0. The van der Waals surface area contributed by atoms with Crippen LogP contribution in [0.1, 0.15) is 25.3 Å². The molecule has 138 valence electrons. The molecular weight excluding hydrogens is 376 g/mol. The molecule has 0 saturated carbocycles. The topological polar surface area (TPSA) is 43.4 Å². The Labute approximate surface area is 163 Å². The lowest BCUT2D eigenvalue weighted by atomic mass is 10.1. The maximum Gasteiger partial charge on any atom is 0.339 e. The largest absolute Gasteiger partial charge is 0.379 e. The van der Waals surface area contributed by atoms with Gasteiger partial charge in [-0.05, 0) is 60.9 Å². The quantitative estimate of drug-likeness (QED) is 0.366. The molecule has 0 saturated heterocycles. The minimum absolute atomic E-state index is 0.178. The average Bonchev–Trinajstić information content (AvgIpc) is 3.04. The molecule has 0 unspecified atom stereocenters. The number of aryl methyl sites for hydroxylation is 1. The molecule has 0 aliphatic rings. The van der Waals surface area contributed by atoms with Gasteiger partial charge >= 0.3 is 10.1 Å². The first kappa shape index (κ1) is 18.0. The minimum atomic E-state index is -3.87. The highest BCUT2D eigenvalue weighted by atomic mass is 32.2. The van der Waals surface area contributed by atoms with Crippen LogP contribution in [0, 0.1) is 0 Å². The van der Waals surface area contributed by atoms with Crippen molar-refractivity contribution in [3.63, 3.8) is 0 Å². The van der Waals surface area contributed by atoms with Crippen LogP contribution in [-0.2, 0) is 16.5 Å². The molecule has 3 aromatic carbocycles. The second kappa shape index (κ2) is 7.33. The Bertz CT molecular complexity index is 1190. The summed E-state index contributed by atoms with van der Waals surface area (Å²) in [5.41, 5.74) is 1.29. The Hall–Kier alpha value is -2.37. The molecule has 0 aliphatic heterocycles. The molecule has 5 heteroatoms. The molecule has 27 heavy (non-hydrogen) atoms. The summed E-state index contributed by atoms with van der Waals surface area (Å²) in [7, 11) is -3.87. The summed E-state index contributed by atoms with van der Waals surface area (Å²) in [4.78, 5) is 0.178. The molecule has 0 aliphatic carbocycles. The maximum absolute atomic E-state index is 12.7. The van der Waals surface area contributed by atoms with E-state index in [-0.39, 0.29) is 4.90 Å². The first-order valence-corrected chi connectivity index (χ1v) is 11.2. The van der Waals surface area contributed by atoms with Gasteiger partial charge in [0.15, 0.2) is 0 Å². The molecule has 0 N–H and O–H groups in total. The van der Waals surface area contributed by atoms with E-state index in [1.54, 1.807) is 47.7 Å². The molecule has 0 fully saturated rings. The SMILES string of the molecule is CCCCc1ccc2sc3ccc(S(=O)(=O)Oc4ccccc4)cc3c2c1. The van der Waals surface area contributed by atoms with Gasteiger partial charge in [-0.3, -0.25) is 0 Å². The number of rotatable bonds is 6. The van der Waals surface area contributed by atoms with Crippen molar-refractivity contribution in [3.05, 3.63) is 72.3 Å². The monoisotopic (exact) mass is 396 g/mol. The van der Waals surface area contributed by atoms with E-state index in [1.165, 1.54) is 10.3 Å². The van der Waals surface area contributed by atoms with Gasteiger partial charge < -0.3 is 4.18 Å². The van der Waals surface area contributed by atoms with Crippen molar-refractivity contribution >= 4 is 41.6 Å². The van der Waals surface area contributed by atoms with Gasteiger partial charge in [-0.2, -0.15) is 8.42 Å². The molecule has 0 radical (unpaired) electrons. The van der Waals surface area contributed by atoms with Crippen molar-refractivity contribution in [2.24, 2.45) is 0 Å². The Morgan fingerprint density at radius 1 is 0.889 bits per heavy atom. The second-order valence-corrected chi connectivity index (χ2v) is 9.17. The van der Waals surface area contributed by atoms with Gasteiger partial charge in [0.1, 0.15) is 10.6 Å². The van der Waals surface area contributed by atoms with Gasteiger partial charge in [0.2, 0.25) is 0 Å². The van der Waals surface area contributed by atoms with Crippen LogP contribution in [0.3, 0.4) is 0 Å². The Kier molecular flexibility index (Phi) is 4.89. The standard InChI is InChI=1S/C22H20O3S2/c1-2-3-7-16-10-12-21-19(14-16)20-15-18(11-13-22(20)26-21)27(23,24)25-17-8-5-4-6-9-17/h4-6,8-15H,2-3,7H2,1H3. The molecule has 0 spiro atoms. The van der Waals surface area contributed by atoms with Gasteiger partial charge in [0, 0.05) is 20.2 Å². The summed E-state index contributed by atoms with van der Waals surface area (Å²) in [6.07, 6.45) is 3.35. The zero-order chi connectivity index (χ0) is 18.9. The number of para-hydroxylation sites is 1. The predicted octanol–water partition coefficient (Wildman–Crippen LogP) is 6.16. The molecule has 4 aromatic rings. The highest BCUT2D eigenvalue weighted by molar-refractivity contribution is 7.87. The average molecular weight is 397 g/mol. The van der Waals surface area contributed by atoms with E-state index in [9.17, 15) is 8.42 Å². The van der Waals surface area contributed by atoms with E-state index < -0.39 is 10.1 Å². The van der Waals surface area contributed by atoms with E-state index in [0.29, 0.717) is 5.75 Å². The van der Waals surface area contributed by atoms with E-state index >= 15 is 0 Å². The van der Waals surface area contributed by atoms with Crippen molar-refractivity contribution in [2.45, 2.75) is 31.1 Å². The summed E-state index contributed by atoms with van der Waals surface area (Å²) in [5, 5.41) is 2.08. The van der Waals surface area contributed by atoms with Crippen molar-refractivity contribution < 1.29 is 12.6 Å². The highest BCUT2D eigenvalue weighted by Gasteiger charge is 2.18. The van der Waals surface area contributed by atoms with Crippen LogP contribution in [0.4, 0.5) is 0 Å². The molecule has 0 bridgehead atoms. The third-order valence-electron chi connectivity index (χ3n) is 4.56. The summed E-state index contributed by atoms with van der Waals surface area (Å²) in [6, 6.07) is 20.3. The van der Waals surface area contributed by atoms with Crippen LogP contribution < -0.4 is 4.18 Å². The van der Waals surface area contributed by atoms with Gasteiger partial charge in [0.25, 0.3) is 0 Å². The highest BCUT2D eigenvalue weighted by Crippen LogP contribution is 2.36. The van der Waals surface area contributed by atoms with Gasteiger partial charge in [0.05, 0.1) is 0 Å². The van der Waals surface area contributed by atoms with Crippen LogP contribution in [0.2, 0.25) is 0 Å². The fraction of sp³-hybridized carbons (Fsp3) is 0.182. The van der Waals surface area contributed by atoms with E-state index in [2.05, 4.69) is 25.1 Å². The van der Waals surface area contributed by atoms with E-state index in [1.807, 2.05) is 12.1 Å². The number of unbranched alkanes of at least 4 members (excludes halogenated alkanes) is 1. The molecule has 1 heterocycles. The van der Waals surface area contributed by atoms with Crippen LogP contribution in [0.25, 0.3) is 20.2 Å². The summed E-state index contributed by atoms with van der Waals surface area (Å²) >= 11 is 1.68. The van der Waals surface area contributed by atoms with Gasteiger partial charge in [-0.25, -0.2) is 0 Å². The normalized spacial score (nSPS) is 11.9. The predicted molar refractivity (Wildman–Crippen MR) is 112 cm³/mol. The number of thiophene rings is 1. The van der Waals surface area contributed by atoms with E-state index in [0.717, 1.165) is 34.7 Å². The Morgan fingerprint density at radius 3 is 2.33 bits per heavy atom. The second-order valence-electron chi connectivity index (χ2n) is 6.54. The number of hydrogen-bond acceptors (Lipinski definition) is 4. The van der Waals surface area contributed by atoms with Crippen molar-refractivity contribution in [2.75, 3.05) is 0 Å². The van der Waals surface area contributed by atoms with Crippen LogP contribution in [-0.4, -0.2) is 8.42 Å². The van der Waals surface area contributed by atoms with Gasteiger partial charge in [-0.1, -0.05) is 37.6 Å². The fourth-order valence-electron chi connectivity index (χ4n) is 3.15. The molecule has 0 amide bonds. The summed E-state index contributed by atoms with van der Waals surface area (Å²) < 4.78 is 32.9. The molecule has 3 nitrogen and oxygen atoms in total. The van der Waals surface area contributed by atoms with Gasteiger partial charge in [-0.15, -0.1) is 11.3 Å². The first-order chi connectivity index (χ1) is 13.1. The van der Waals surface area contributed by atoms with Crippen LogP contribution >= 0.6 is 11.3 Å². The number of fused-ring (bicyclic) bond motifs is 3. The fourth-order valence-corrected chi connectivity index (χ4v) is 5.17. The lowest BCUT2D eigenvalue weighted by Gasteiger charge is -2.07. The van der Waals surface area contributed by atoms with Crippen molar-refractivity contribution in [1.29, 1.82) is 0 Å². The van der Waals surface area contributed by atoms with E-state index in [4.69, 9.17) is 4.18 Å². The summed E-state index contributed by atoms with van der Waals surface area (Å²) in [5.74, 6) is 0.314. The zero-order valence-corrected chi connectivity index (χ0v) is 16.6. The first-order valence-electron chi connectivity index (χ1n) is 9.01. The lowest BCUT2D eigenvalue weighted by molar-refractivity contribution is 0.486. The third-order valence-corrected chi connectivity index (χ3v) is 6.96. The smallest absolute Gasteiger partial charge is 0.339 e. The Morgan fingerprint density at radius 2 is 1.59 bits per heavy atom. The third kappa shape index (κ3) is 3.70. The number of benzene rings is 3. The van der Waals surface area contributed by atoms with Crippen LogP contribution in [0.15, 0.2) is 71.6 Å². The Balaban J connectivity index is 1.77. The minimum Gasteiger partial charge on any atom is -0.379 e. The molecular formula is C22H20O3S2.